The lowest BCUT2D eigenvalue weighted by atomic mass is 10.0. The van der Waals surface area contributed by atoms with Crippen molar-refractivity contribution in [1.29, 1.82) is 0 Å². The van der Waals surface area contributed by atoms with Crippen LogP contribution in [0.1, 0.15) is 23.1 Å². The molecular formula is C11H10ClN3O. The molecule has 0 spiro atoms. The third-order valence-corrected chi connectivity index (χ3v) is 2.94. The van der Waals surface area contributed by atoms with Gasteiger partial charge in [-0.25, -0.2) is 4.98 Å². The Bertz CT molecular complexity index is 511. The Morgan fingerprint density at radius 2 is 2.31 bits per heavy atom. The minimum atomic E-state index is 0.115. The molecule has 1 N–H and O–H groups in total. The maximum Gasteiger partial charge on any atom is 0.161 e. The highest BCUT2D eigenvalue weighted by molar-refractivity contribution is 6.16. The average molecular weight is 236 g/mol. The van der Waals surface area contributed by atoms with Crippen molar-refractivity contribution in [1.82, 2.24) is 15.2 Å². The van der Waals surface area contributed by atoms with E-state index >= 15 is 0 Å². The normalized spacial score (nSPS) is 18.2. The number of rotatable bonds is 2. The van der Waals surface area contributed by atoms with Crippen LogP contribution in [0.25, 0.3) is 0 Å². The second-order valence-electron chi connectivity index (χ2n) is 3.68. The van der Waals surface area contributed by atoms with Gasteiger partial charge < -0.3 is 4.74 Å². The minimum absolute atomic E-state index is 0.115. The summed E-state index contributed by atoms with van der Waals surface area (Å²) >= 11 is 5.68. The number of benzene rings is 1. The van der Waals surface area contributed by atoms with Gasteiger partial charge in [0.15, 0.2) is 5.82 Å². The van der Waals surface area contributed by atoms with Crippen LogP contribution >= 0.6 is 11.6 Å². The molecule has 5 heteroatoms. The summed E-state index contributed by atoms with van der Waals surface area (Å²) in [5.74, 6) is 2.83. The molecule has 2 heterocycles. The van der Waals surface area contributed by atoms with Gasteiger partial charge in [-0.05, 0) is 6.07 Å². The Morgan fingerprint density at radius 3 is 3.12 bits per heavy atom. The van der Waals surface area contributed by atoms with Crippen LogP contribution in [0.15, 0.2) is 24.3 Å². The lowest BCUT2D eigenvalue weighted by Gasteiger charge is -2.02. The van der Waals surface area contributed by atoms with Gasteiger partial charge in [0.1, 0.15) is 18.2 Å². The molecule has 1 atom stereocenters. The first-order chi connectivity index (χ1) is 7.88. The van der Waals surface area contributed by atoms with Crippen LogP contribution in [0.3, 0.4) is 0 Å². The Morgan fingerprint density at radius 1 is 1.44 bits per heavy atom. The summed E-state index contributed by atoms with van der Waals surface area (Å²) in [7, 11) is 0. The van der Waals surface area contributed by atoms with Crippen LogP contribution in [0.2, 0.25) is 0 Å². The van der Waals surface area contributed by atoms with E-state index in [4.69, 9.17) is 16.3 Å². The zero-order chi connectivity index (χ0) is 11.0. The summed E-state index contributed by atoms with van der Waals surface area (Å²) in [5, 5.41) is 6.98. The fourth-order valence-corrected chi connectivity index (χ4v) is 2.02. The van der Waals surface area contributed by atoms with E-state index in [1.54, 1.807) is 0 Å². The lowest BCUT2D eigenvalue weighted by Crippen LogP contribution is -2.04. The number of aromatic nitrogens is 3. The van der Waals surface area contributed by atoms with E-state index in [9.17, 15) is 0 Å². The summed E-state index contributed by atoms with van der Waals surface area (Å²) in [4.78, 5) is 4.33. The molecule has 1 aliphatic heterocycles. The predicted molar refractivity (Wildman–Crippen MR) is 59.7 cm³/mol. The Labute approximate surface area is 97.6 Å². The average Bonchev–Trinajstić information content (AvgIpc) is 2.94. The van der Waals surface area contributed by atoms with Crippen LogP contribution in [-0.2, 0) is 5.88 Å². The van der Waals surface area contributed by atoms with Gasteiger partial charge in [-0.15, -0.1) is 11.6 Å². The first-order valence-corrected chi connectivity index (χ1v) is 5.61. The summed E-state index contributed by atoms with van der Waals surface area (Å²) < 4.78 is 5.58. The highest BCUT2D eigenvalue weighted by atomic mass is 35.5. The lowest BCUT2D eigenvalue weighted by molar-refractivity contribution is 0.340. The van der Waals surface area contributed by atoms with E-state index in [0.29, 0.717) is 18.3 Å². The highest BCUT2D eigenvalue weighted by Gasteiger charge is 2.28. The van der Waals surface area contributed by atoms with E-state index in [1.807, 2.05) is 24.3 Å². The van der Waals surface area contributed by atoms with Gasteiger partial charge in [-0.1, -0.05) is 18.2 Å². The second kappa shape index (κ2) is 3.79. The molecule has 1 aromatic heterocycles. The maximum atomic E-state index is 5.68. The molecule has 16 heavy (non-hydrogen) atoms. The van der Waals surface area contributed by atoms with Gasteiger partial charge in [-0.2, -0.15) is 5.10 Å². The number of para-hydroxylation sites is 1. The molecular weight excluding hydrogens is 226 g/mol. The van der Waals surface area contributed by atoms with Gasteiger partial charge >= 0.3 is 0 Å². The van der Waals surface area contributed by atoms with Gasteiger partial charge in [0, 0.05) is 5.56 Å². The van der Waals surface area contributed by atoms with E-state index in [0.717, 1.165) is 17.1 Å². The Balaban J connectivity index is 1.98. The zero-order valence-corrected chi connectivity index (χ0v) is 9.24. The monoisotopic (exact) mass is 235 g/mol. The number of halogens is 1. The molecule has 0 aliphatic carbocycles. The number of fused-ring (bicyclic) bond motifs is 1. The number of ether oxygens (including phenoxy) is 1. The maximum absolute atomic E-state index is 5.68. The number of alkyl halides is 1. The summed E-state index contributed by atoms with van der Waals surface area (Å²) in [6.45, 7) is 0.596. The number of nitrogens with one attached hydrogen (secondary N) is 1. The largest absolute Gasteiger partial charge is 0.492 e. The topological polar surface area (TPSA) is 50.8 Å². The number of H-pyrrole nitrogens is 1. The zero-order valence-electron chi connectivity index (χ0n) is 8.48. The van der Waals surface area contributed by atoms with Crippen LogP contribution in [-0.4, -0.2) is 21.8 Å². The van der Waals surface area contributed by atoms with Crippen molar-refractivity contribution in [2.24, 2.45) is 0 Å². The predicted octanol–water partition coefficient (Wildman–Crippen LogP) is 2.07. The molecule has 0 amide bonds. The van der Waals surface area contributed by atoms with Crippen molar-refractivity contribution in [2.75, 3.05) is 6.61 Å². The molecule has 0 bridgehead atoms. The van der Waals surface area contributed by atoms with Gasteiger partial charge in [0.05, 0.1) is 11.8 Å². The van der Waals surface area contributed by atoms with Crippen molar-refractivity contribution in [3.8, 4) is 5.75 Å². The Hall–Kier alpha value is -1.55. The molecule has 0 saturated heterocycles. The van der Waals surface area contributed by atoms with Gasteiger partial charge in [0.25, 0.3) is 0 Å². The summed E-state index contributed by atoms with van der Waals surface area (Å²) in [5.41, 5.74) is 1.14. The SMILES string of the molecule is ClCc1nc(C2COc3ccccc32)n[nH]1. The van der Waals surface area contributed by atoms with E-state index in [2.05, 4.69) is 15.2 Å². The molecule has 1 aromatic carbocycles. The standard InChI is InChI=1S/C11H10ClN3O/c12-5-10-13-11(15-14-10)8-6-16-9-4-2-1-3-7(8)9/h1-4,8H,5-6H2,(H,13,14,15). The molecule has 2 aromatic rings. The first-order valence-electron chi connectivity index (χ1n) is 5.07. The summed E-state index contributed by atoms with van der Waals surface area (Å²) in [6.07, 6.45) is 0. The van der Waals surface area contributed by atoms with Gasteiger partial charge in [-0.3, -0.25) is 5.10 Å². The third-order valence-electron chi connectivity index (χ3n) is 2.69. The number of hydrogen-bond donors (Lipinski definition) is 1. The molecule has 0 radical (unpaired) electrons. The molecule has 3 rings (SSSR count). The van der Waals surface area contributed by atoms with Gasteiger partial charge in [0.2, 0.25) is 0 Å². The van der Waals surface area contributed by atoms with Crippen molar-refractivity contribution >= 4 is 11.6 Å². The van der Waals surface area contributed by atoms with Crippen LogP contribution in [0.4, 0.5) is 0 Å². The molecule has 1 aliphatic rings. The Kier molecular flexibility index (Phi) is 2.29. The van der Waals surface area contributed by atoms with Crippen LogP contribution < -0.4 is 4.74 Å². The smallest absolute Gasteiger partial charge is 0.161 e. The minimum Gasteiger partial charge on any atom is -0.492 e. The van der Waals surface area contributed by atoms with E-state index in [1.165, 1.54) is 0 Å². The highest BCUT2D eigenvalue weighted by Crippen LogP contribution is 2.36. The fraction of sp³-hybridized carbons (Fsp3) is 0.273. The van der Waals surface area contributed by atoms with Crippen molar-refractivity contribution in [3.05, 3.63) is 41.5 Å². The van der Waals surface area contributed by atoms with E-state index < -0.39 is 0 Å². The molecule has 0 fully saturated rings. The molecule has 1 unspecified atom stereocenters. The van der Waals surface area contributed by atoms with E-state index in [-0.39, 0.29) is 5.92 Å². The van der Waals surface area contributed by atoms with Crippen LogP contribution in [0.5, 0.6) is 5.75 Å². The van der Waals surface area contributed by atoms with Crippen molar-refractivity contribution in [2.45, 2.75) is 11.8 Å². The van der Waals surface area contributed by atoms with Crippen molar-refractivity contribution < 1.29 is 4.74 Å². The van der Waals surface area contributed by atoms with Crippen LogP contribution in [0, 0.1) is 0 Å². The molecule has 0 saturated carbocycles. The number of aromatic amines is 1. The van der Waals surface area contributed by atoms with Crippen molar-refractivity contribution in [3.63, 3.8) is 0 Å². The molecule has 4 nitrogen and oxygen atoms in total. The molecule has 82 valence electrons. The number of nitrogens with zero attached hydrogens (tertiary/aromatic N) is 2. The second-order valence-corrected chi connectivity index (χ2v) is 3.94. The quantitative estimate of drug-likeness (QED) is 0.811. The summed E-state index contributed by atoms with van der Waals surface area (Å²) in [6, 6.07) is 7.97. The first kappa shape index (κ1) is 9.66. The third kappa shape index (κ3) is 1.46. The fourth-order valence-electron chi connectivity index (χ4n) is 1.90. The number of hydrogen-bond acceptors (Lipinski definition) is 3.